The van der Waals surface area contributed by atoms with Crippen molar-refractivity contribution in [2.75, 3.05) is 6.54 Å². The summed E-state index contributed by atoms with van der Waals surface area (Å²) < 4.78 is 6.02. The first-order valence-corrected chi connectivity index (χ1v) is 7.59. The molecule has 22 heavy (non-hydrogen) atoms. The van der Waals surface area contributed by atoms with Crippen molar-refractivity contribution in [2.24, 2.45) is 0 Å². The maximum Gasteiger partial charge on any atom is 0.325 e. The molecule has 0 saturated heterocycles. The van der Waals surface area contributed by atoms with Gasteiger partial charge in [-0.3, -0.25) is 9.59 Å². The number of esters is 1. The van der Waals surface area contributed by atoms with E-state index in [2.05, 4.69) is 21.2 Å². The molecule has 5 heteroatoms. The lowest BCUT2D eigenvalue weighted by molar-refractivity contribution is -0.143. The topological polar surface area (TPSA) is 55.4 Å². The van der Waals surface area contributed by atoms with Crippen LogP contribution < -0.4 is 5.32 Å². The Kier molecular flexibility index (Phi) is 5.72. The largest absolute Gasteiger partial charge is 0.459 e. The lowest BCUT2D eigenvalue weighted by Crippen LogP contribution is -2.30. The van der Waals surface area contributed by atoms with Gasteiger partial charge < -0.3 is 10.1 Å². The molecule has 1 amide bonds. The highest BCUT2D eigenvalue weighted by molar-refractivity contribution is 9.10. The number of carbonyl (C=O) groups excluding carboxylic acids is 2. The summed E-state index contributed by atoms with van der Waals surface area (Å²) in [5.74, 6) is -0.765. The van der Waals surface area contributed by atoms with Crippen molar-refractivity contribution in [3.63, 3.8) is 0 Å². The van der Waals surface area contributed by atoms with Crippen molar-refractivity contribution < 1.29 is 14.3 Å². The van der Waals surface area contributed by atoms with Crippen molar-refractivity contribution in [1.29, 1.82) is 0 Å². The van der Waals surface area contributed by atoms with Gasteiger partial charge in [-0.2, -0.15) is 0 Å². The number of benzene rings is 2. The minimum Gasteiger partial charge on any atom is -0.459 e. The van der Waals surface area contributed by atoms with Gasteiger partial charge >= 0.3 is 5.97 Å². The lowest BCUT2D eigenvalue weighted by atomic mass is 10.1. The number of hydrogen-bond donors (Lipinski definition) is 1. The van der Waals surface area contributed by atoms with E-state index in [0.29, 0.717) is 5.56 Å². The van der Waals surface area contributed by atoms with Gasteiger partial charge in [0.25, 0.3) is 5.91 Å². The molecule has 0 bridgehead atoms. The first-order valence-electron chi connectivity index (χ1n) is 6.80. The van der Waals surface area contributed by atoms with Gasteiger partial charge in [0, 0.05) is 15.6 Å². The van der Waals surface area contributed by atoms with Crippen LogP contribution in [0.1, 0.15) is 21.5 Å². The third kappa shape index (κ3) is 4.70. The summed E-state index contributed by atoms with van der Waals surface area (Å²) in [5.41, 5.74) is 2.39. The molecule has 4 nitrogen and oxygen atoms in total. The van der Waals surface area contributed by atoms with Gasteiger partial charge in [-0.25, -0.2) is 0 Å². The molecule has 0 heterocycles. The third-order valence-electron chi connectivity index (χ3n) is 3.02. The Morgan fingerprint density at radius 3 is 2.64 bits per heavy atom. The van der Waals surface area contributed by atoms with E-state index in [-0.39, 0.29) is 19.1 Å². The fourth-order valence-electron chi connectivity index (χ4n) is 1.87. The molecule has 0 unspecified atom stereocenters. The van der Waals surface area contributed by atoms with Crippen LogP contribution in [-0.4, -0.2) is 18.4 Å². The highest BCUT2D eigenvalue weighted by atomic mass is 79.9. The van der Waals surface area contributed by atoms with E-state index in [1.807, 2.05) is 37.3 Å². The van der Waals surface area contributed by atoms with Crippen molar-refractivity contribution >= 4 is 27.8 Å². The summed E-state index contributed by atoms with van der Waals surface area (Å²) in [4.78, 5) is 23.6. The zero-order chi connectivity index (χ0) is 15.9. The van der Waals surface area contributed by atoms with Crippen LogP contribution >= 0.6 is 15.9 Å². The number of hydrogen-bond acceptors (Lipinski definition) is 3. The molecule has 0 aliphatic carbocycles. The lowest BCUT2D eigenvalue weighted by Gasteiger charge is -2.08. The maximum atomic E-state index is 11.9. The van der Waals surface area contributed by atoms with E-state index in [0.717, 1.165) is 15.6 Å². The minimum absolute atomic E-state index is 0.156. The zero-order valence-corrected chi connectivity index (χ0v) is 13.7. The summed E-state index contributed by atoms with van der Waals surface area (Å²) >= 11 is 3.38. The van der Waals surface area contributed by atoms with E-state index in [1.54, 1.807) is 18.2 Å². The van der Waals surface area contributed by atoms with Gasteiger partial charge in [-0.15, -0.1) is 0 Å². The predicted octanol–water partition coefficient (Wildman–Crippen LogP) is 3.23. The van der Waals surface area contributed by atoms with E-state index >= 15 is 0 Å². The van der Waals surface area contributed by atoms with Gasteiger partial charge in [0.15, 0.2) is 0 Å². The highest BCUT2D eigenvalue weighted by Crippen LogP contribution is 2.16. The van der Waals surface area contributed by atoms with Gasteiger partial charge in [-0.05, 0) is 25.1 Å². The average molecular weight is 362 g/mol. The first-order chi connectivity index (χ1) is 10.6. The van der Waals surface area contributed by atoms with E-state index in [1.165, 1.54) is 0 Å². The molecule has 0 aromatic heterocycles. The summed E-state index contributed by atoms with van der Waals surface area (Å²) in [6.45, 7) is 1.92. The number of halogens is 1. The van der Waals surface area contributed by atoms with Crippen molar-refractivity contribution in [1.82, 2.24) is 5.32 Å². The fraction of sp³-hybridized carbons (Fsp3) is 0.176. The van der Waals surface area contributed by atoms with Crippen molar-refractivity contribution in [3.8, 4) is 0 Å². The van der Waals surface area contributed by atoms with Gasteiger partial charge in [0.05, 0.1) is 0 Å². The second kappa shape index (κ2) is 7.75. The van der Waals surface area contributed by atoms with E-state index in [9.17, 15) is 9.59 Å². The second-order valence-electron chi connectivity index (χ2n) is 4.80. The third-order valence-corrected chi connectivity index (χ3v) is 3.79. The first kappa shape index (κ1) is 16.2. The Morgan fingerprint density at radius 2 is 1.91 bits per heavy atom. The maximum absolute atomic E-state index is 11.9. The molecule has 2 aromatic carbocycles. The monoisotopic (exact) mass is 361 g/mol. The van der Waals surface area contributed by atoms with Crippen LogP contribution in [0.3, 0.4) is 0 Å². The molecule has 2 rings (SSSR count). The van der Waals surface area contributed by atoms with Crippen LogP contribution in [0.5, 0.6) is 0 Å². The van der Waals surface area contributed by atoms with Crippen LogP contribution in [0.4, 0.5) is 0 Å². The van der Waals surface area contributed by atoms with Crippen LogP contribution in [0.2, 0.25) is 0 Å². The van der Waals surface area contributed by atoms with Crippen LogP contribution in [0, 0.1) is 6.92 Å². The predicted molar refractivity (Wildman–Crippen MR) is 87.5 cm³/mol. The summed E-state index contributed by atoms with van der Waals surface area (Å²) in [5, 5.41) is 2.55. The molecule has 0 spiro atoms. The average Bonchev–Trinajstić information content (AvgIpc) is 2.52. The van der Waals surface area contributed by atoms with Crippen LogP contribution in [0.15, 0.2) is 53.0 Å². The van der Waals surface area contributed by atoms with Crippen LogP contribution in [-0.2, 0) is 16.1 Å². The molecule has 114 valence electrons. The number of ether oxygens (including phenoxy) is 1. The Bertz CT molecular complexity index is 685. The van der Waals surface area contributed by atoms with Crippen molar-refractivity contribution in [2.45, 2.75) is 13.5 Å². The van der Waals surface area contributed by atoms with Gasteiger partial charge in [0.2, 0.25) is 0 Å². The Labute approximate surface area is 137 Å². The molecule has 0 aliphatic rings. The minimum atomic E-state index is -0.475. The SMILES string of the molecule is Cc1cccc(C(=O)NCC(=O)OCc2ccccc2Br)c1. The molecule has 0 fully saturated rings. The Balaban J connectivity index is 1.81. The highest BCUT2D eigenvalue weighted by Gasteiger charge is 2.09. The number of rotatable bonds is 5. The molecule has 0 saturated carbocycles. The molecule has 0 radical (unpaired) electrons. The number of aryl methyl sites for hydroxylation is 1. The zero-order valence-electron chi connectivity index (χ0n) is 12.1. The molecule has 1 N–H and O–H groups in total. The van der Waals surface area contributed by atoms with E-state index in [4.69, 9.17) is 4.74 Å². The molecular weight excluding hydrogens is 346 g/mol. The standard InChI is InChI=1S/C17H16BrNO3/c1-12-5-4-7-13(9-12)17(21)19-10-16(20)22-11-14-6-2-3-8-15(14)18/h2-9H,10-11H2,1H3,(H,19,21). The van der Waals surface area contributed by atoms with Gasteiger partial charge in [-0.1, -0.05) is 51.8 Å². The second-order valence-corrected chi connectivity index (χ2v) is 5.66. The van der Waals surface area contributed by atoms with Gasteiger partial charge in [0.1, 0.15) is 13.2 Å². The van der Waals surface area contributed by atoms with Crippen LogP contribution in [0.25, 0.3) is 0 Å². The molecular formula is C17H16BrNO3. The quantitative estimate of drug-likeness (QED) is 0.831. The van der Waals surface area contributed by atoms with Crippen molar-refractivity contribution in [3.05, 3.63) is 69.7 Å². The Hall–Kier alpha value is -2.14. The molecule has 0 atom stereocenters. The smallest absolute Gasteiger partial charge is 0.325 e. The molecule has 0 aliphatic heterocycles. The number of carbonyl (C=O) groups is 2. The number of nitrogens with one attached hydrogen (secondary N) is 1. The summed E-state index contributed by atoms with van der Waals surface area (Å²) in [6.07, 6.45) is 0. The fourth-order valence-corrected chi connectivity index (χ4v) is 2.26. The van der Waals surface area contributed by atoms with E-state index < -0.39 is 5.97 Å². The summed E-state index contributed by atoms with van der Waals surface area (Å²) in [6, 6.07) is 14.7. The summed E-state index contributed by atoms with van der Waals surface area (Å²) in [7, 11) is 0. The number of amides is 1. The normalized spacial score (nSPS) is 10.1. The molecule has 2 aromatic rings. The Morgan fingerprint density at radius 1 is 1.14 bits per heavy atom.